The van der Waals surface area contributed by atoms with E-state index in [1.54, 1.807) is 24.3 Å². The predicted octanol–water partition coefficient (Wildman–Crippen LogP) is 2.85. The molecule has 0 unspecified atom stereocenters. The van der Waals surface area contributed by atoms with Crippen LogP contribution in [-0.2, 0) is 21.5 Å². The largest absolute Gasteiger partial charge is 0.573 e. The molecule has 1 aliphatic heterocycles. The molecule has 0 saturated carbocycles. The van der Waals surface area contributed by atoms with Gasteiger partial charge in [0.15, 0.2) is 0 Å². The number of halogens is 3. The lowest BCUT2D eigenvalue weighted by Gasteiger charge is -2.26. The van der Waals surface area contributed by atoms with E-state index in [0.29, 0.717) is 17.8 Å². The van der Waals surface area contributed by atoms with Crippen molar-refractivity contribution in [2.45, 2.75) is 24.3 Å². The first-order chi connectivity index (χ1) is 14.7. The molecule has 2 aromatic rings. The Morgan fingerprint density at radius 2 is 1.94 bits per heavy atom. The van der Waals surface area contributed by atoms with E-state index in [1.807, 2.05) is 6.07 Å². The third-order valence-electron chi connectivity index (χ3n) is 4.21. The Morgan fingerprint density at radius 1 is 1.19 bits per heavy atom. The van der Waals surface area contributed by atoms with Gasteiger partial charge in [-0.2, -0.15) is 9.57 Å². The number of nitriles is 1. The van der Waals surface area contributed by atoms with Crippen molar-refractivity contribution in [2.24, 2.45) is 0 Å². The van der Waals surface area contributed by atoms with Crippen LogP contribution >= 0.6 is 0 Å². The van der Waals surface area contributed by atoms with E-state index < -0.39 is 22.1 Å². The second-order valence-corrected chi connectivity index (χ2v) is 8.32. The highest BCUT2D eigenvalue weighted by atomic mass is 32.2. The molecular weight excluding hydrogens is 437 g/mol. The Morgan fingerprint density at radius 3 is 2.55 bits per heavy atom. The molecule has 1 aromatic heterocycles. The van der Waals surface area contributed by atoms with E-state index in [2.05, 4.69) is 15.2 Å². The zero-order valence-electron chi connectivity index (χ0n) is 16.0. The lowest BCUT2D eigenvalue weighted by Crippen LogP contribution is -2.36. The van der Waals surface area contributed by atoms with Crippen LogP contribution in [0.2, 0.25) is 0 Å². The number of ether oxygens (including phenoxy) is 1. The number of rotatable bonds is 7. The average Bonchev–Trinajstić information content (AvgIpc) is 2.73. The van der Waals surface area contributed by atoms with Crippen molar-refractivity contribution in [3.05, 3.63) is 65.6 Å². The Bertz CT molecular complexity index is 1100. The van der Waals surface area contributed by atoms with Crippen LogP contribution in [0.3, 0.4) is 0 Å². The van der Waals surface area contributed by atoms with Gasteiger partial charge >= 0.3 is 6.36 Å². The maximum atomic E-state index is 12.7. The summed E-state index contributed by atoms with van der Waals surface area (Å²) in [5, 5.41) is 8.84. The second-order valence-electron chi connectivity index (χ2n) is 6.38. The van der Waals surface area contributed by atoms with E-state index in [9.17, 15) is 21.6 Å². The summed E-state index contributed by atoms with van der Waals surface area (Å²) in [6.07, 6.45) is -2.86. The number of hydrogen-bond acceptors (Lipinski definition) is 7. The van der Waals surface area contributed by atoms with Gasteiger partial charge in [0.05, 0.1) is 10.6 Å². The zero-order valence-corrected chi connectivity index (χ0v) is 16.8. The van der Waals surface area contributed by atoms with Crippen molar-refractivity contribution >= 4 is 10.0 Å². The number of aromatic nitrogens is 1. The van der Waals surface area contributed by atoms with Crippen molar-refractivity contribution in [3.63, 3.8) is 0 Å². The lowest BCUT2D eigenvalue weighted by molar-refractivity contribution is -0.274. The third kappa shape index (κ3) is 6.17. The smallest absolute Gasteiger partial charge is 0.406 e. The van der Waals surface area contributed by atoms with E-state index in [1.165, 1.54) is 4.31 Å². The molecule has 0 fully saturated rings. The number of benzene rings is 1. The lowest BCUT2D eigenvalue weighted by atomic mass is 10.2. The highest BCUT2D eigenvalue weighted by Crippen LogP contribution is 2.26. The molecule has 0 bridgehead atoms. The number of hydroxylamine groups is 1. The molecule has 1 aromatic carbocycles. The molecule has 12 heteroatoms. The first-order valence-electron chi connectivity index (χ1n) is 8.96. The summed E-state index contributed by atoms with van der Waals surface area (Å²) in [5.41, 5.74) is 4.25. The molecule has 2 heterocycles. The predicted molar refractivity (Wildman–Crippen MR) is 101 cm³/mol. The van der Waals surface area contributed by atoms with E-state index in [-0.39, 0.29) is 30.3 Å². The van der Waals surface area contributed by atoms with Crippen LogP contribution < -0.4 is 10.2 Å². The van der Waals surface area contributed by atoms with Gasteiger partial charge in [-0.3, -0.25) is 10.3 Å². The summed E-state index contributed by atoms with van der Waals surface area (Å²) in [6.45, 7) is 0.339. The van der Waals surface area contributed by atoms with Crippen molar-refractivity contribution < 1.29 is 31.2 Å². The Labute approximate surface area is 176 Å². The van der Waals surface area contributed by atoms with Crippen molar-refractivity contribution in [3.8, 4) is 11.8 Å². The van der Waals surface area contributed by atoms with E-state index in [4.69, 9.17) is 10.1 Å². The van der Waals surface area contributed by atoms with Crippen LogP contribution in [0.25, 0.3) is 0 Å². The maximum Gasteiger partial charge on any atom is 0.573 e. The normalized spacial score (nSPS) is 15.1. The van der Waals surface area contributed by atoms with Gasteiger partial charge in [0, 0.05) is 25.2 Å². The fraction of sp³-hybridized carbons (Fsp3) is 0.263. The highest BCUT2D eigenvalue weighted by Gasteiger charge is 2.31. The minimum atomic E-state index is -4.85. The van der Waals surface area contributed by atoms with Crippen molar-refractivity contribution in [1.29, 1.82) is 5.26 Å². The molecule has 0 saturated heterocycles. The Kier molecular flexibility index (Phi) is 6.79. The molecular formula is C19H17F3N4O4S. The van der Waals surface area contributed by atoms with Crippen LogP contribution in [0, 0.1) is 11.3 Å². The number of hydrogen-bond donors (Lipinski definition) is 1. The minimum absolute atomic E-state index is 0.0665. The third-order valence-corrected chi connectivity index (χ3v) is 6.09. The summed E-state index contributed by atoms with van der Waals surface area (Å²) in [7, 11) is -3.87. The Balaban J connectivity index is 1.55. The molecule has 164 valence electrons. The summed E-state index contributed by atoms with van der Waals surface area (Å²) < 4.78 is 67.1. The number of nitrogens with zero attached hydrogens (tertiary/aromatic N) is 3. The summed E-state index contributed by atoms with van der Waals surface area (Å²) in [4.78, 5) is 9.29. The van der Waals surface area contributed by atoms with Crippen LogP contribution in [0.15, 0.2) is 59.1 Å². The van der Waals surface area contributed by atoms with Gasteiger partial charge in [-0.05, 0) is 42.5 Å². The maximum absolute atomic E-state index is 12.7. The van der Waals surface area contributed by atoms with Crippen LogP contribution in [-0.4, -0.2) is 37.2 Å². The van der Waals surface area contributed by atoms with Crippen molar-refractivity contribution in [1.82, 2.24) is 14.8 Å². The molecule has 31 heavy (non-hydrogen) atoms. The number of pyridine rings is 1. The zero-order chi connectivity index (χ0) is 22.5. The topological polar surface area (TPSA) is 105 Å². The van der Waals surface area contributed by atoms with E-state index >= 15 is 0 Å². The van der Waals surface area contributed by atoms with Gasteiger partial charge in [-0.25, -0.2) is 13.4 Å². The van der Waals surface area contributed by atoms with Crippen LogP contribution in [0.5, 0.6) is 5.75 Å². The standard InChI is InChI=1S/C19H17F3N4O4S/c20-19(21,22)30-17-4-6-18(7-5-17)31(27,28)26-10-8-14(9-11-26)25-29-13-16-3-1-2-15(12-23)24-16/h1-8,25H,9-11,13H2. The molecule has 0 aliphatic carbocycles. The molecule has 1 aliphatic rings. The van der Waals surface area contributed by atoms with Crippen molar-refractivity contribution in [2.75, 3.05) is 13.1 Å². The number of nitrogens with one attached hydrogen (secondary N) is 1. The number of sulfonamides is 1. The summed E-state index contributed by atoms with van der Waals surface area (Å²) in [6, 6.07) is 11.0. The first-order valence-corrected chi connectivity index (χ1v) is 10.4. The SMILES string of the molecule is N#Cc1cccc(CONC2=CCN(S(=O)(=O)c3ccc(OC(F)(F)F)cc3)CC2)n1. The van der Waals surface area contributed by atoms with Gasteiger partial charge in [0.2, 0.25) is 10.0 Å². The quantitative estimate of drug-likeness (QED) is 0.642. The van der Waals surface area contributed by atoms with Crippen LogP contribution in [0.4, 0.5) is 13.2 Å². The molecule has 0 atom stereocenters. The Hall–Kier alpha value is -3.14. The second kappa shape index (κ2) is 9.34. The molecule has 0 radical (unpaired) electrons. The molecule has 3 rings (SSSR count). The number of alkyl halides is 3. The first kappa shape index (κ1) is 22.5. The monoisotopic (exact) mass is 454 g/mol. The summed E-state index contributed by atoms with van der Waals surface area (Å²) >= 11 is 0. The van der Waals surface area contributed by atoms with Gasteiger partial charge in [0.25, 0.3) is 0 Å². The van der Waals surface area contributed by atoms with Gasteiger partial charge < -0.3 is 4.74 Å². The fourth-order valence-electron chi connectivity index (χ4n) is 2.75. The average molecular weight is 454 g/mol. The van der Waals surface area contributed by atoms with E-state index in [0.717, 1.165) is 24.3 Å². The van der Waals surface area contributed by atoms with Crippen LogP contribution in [0.1, 0.15) is 17.8 Å². The molecule has 0 amide bonds. The van der Waals surface area contributed by atoms with Gasteiger partial charge in [0.1, 0.15) is 24.1 Å². The van der Waals surface area contributed by atoms with Gasteiger partial charge in [-0.1, -0.05) is 6.07 Å². The molecule has 8 nitrogen and oxygen atoms in total. The molecule has 0 spiro atoms. The molecule has 1 N–H and O–H groups in total. The highest BCUT2D eigenvalue weighted by molar-refractivity contribution is 7.89. The summed E-state index contributed by atoms with van der Waals surface area (Å²) in [5.74, 6) is -0.497. The van der Waals surface area contributed by atoms with Gasteiger partial charge in [-0.15, -0.1) is 13.2 Å². The minimum Gasteiger partial charge on any atom is -0.406 e. The fourth-order valence-corrected chi connectivity index (χ4v) is 4.13.